The Kier molecular flexibility index (Phi) is 7.34. The van der Waals surface area contributed by atoms with Crippen molar-refractivity contribution in [2.45, 2.75) is 12.8 Å². The van der Waals surface area contributed by atoms with Crippen molar-refractivity contribution in [1.29, 1.82) is 0 Å². The zero-order valence-electron chi connectivity index (χ0n) is 5.99. The summed E-state index contributed by atoms with van der Waals surface area (Å²) in [5.74, 6) is 0. The van der Waals surface area contributed by atoms with Crippen LogP contribution in [0.2, 0.25) is 0 Å². The van der Waals surface area contributed by atoms with Gasteiger partial charge >= 0.3 is 0 Å². The fraction of sp³-hybridized carbons (Fsp3) is 0.429. The number of nitrogens with zero attached hydrogens (tertiary/aromatic N) is 2. The number of rotatable bonds is 5. The maximum absolute atomic E-state index is 9.56. The minimum absolute atomic E-state index is 0.471. The van der Waals surface area contributed by atoms with Crippen molar-refractivity contribution >= 4 is 12.2 Å². The van der Waals surface area contributed by atoms with Crippen LogP contribution in [0.3, 0.4) is 0 Å². The van der Waals surface area contributed by atoms with Crippen LogP contribution in [0.5, 0.6) is 0 Å². The number of allylic oxidation sites excluding steroid dienone is 1. The fourth-order valence-electron chi connectivity index (χ4n) is 0.492. The zero-order valence-corrected chi connectivity index (χ0v) is 5.99. The summed E-state index contributed by atoms with van der Waals surface area (Å²) in [6.45, 7) is 0.471. The quantitative estimate of drug-likeness (QED) is 0.334. The number of unbranched alkanes of at least 4 members (excludes halogenated alkanes) is 1. The molecule has 0 radical (unpaired) electrons. The van der Waals surface area contributed by atoms with Crippen LogP contribution < -0.4 is 0 Å². The second-order valence-electron chi connectivity index (χ2n) is 1.72. The van der Waals surface area contributed by atoms with Gasteiger partial charge in [0.15, 0.2) is 0 Å². The molecule has 0 aromatic carbocycles. The smallest absolute Gasteiger partial charge is 0.211 e. The molecule has 0 aliphatic rings. The molecule has 0 aromatic rings. The Morgan fingerprint density at radius 2 is 2.09 bits per heavy atom. The molecule has 0 aromatic heterocycles. The first-order valence-corrected chi connectivity index (χ1v) is 3.17. The molecule has 0 atom stereocenters. The van der Waals surface area contributed by atoms with Crippen molar-refractivity contribution in [2.24, 2.45) is 9.98 Å². The summed E-state index contributed by atoms with van der Waals surface area (Å²) < 4.78 is 0. The van der Waals surface area contributed by atoms with Gasteiger partial charge in [0.1, 0.15) is 0 Å². The molecular weight excluding hydrogens is 144 g/mol. The van der Waals surface area contributed by atoms with E-state index in [2.05, 4.69) is 9.98 Å². The lowest BCUT2D eigenvalue weighted by Gasteiger charge is -1.84. The van der Waals surface area contributed by atoms with Crippen molar-refractivity contribution in [3.05, 3.63) is 12.3 Å². The lowest BCUT2D eigenvalue weighted by Crippen LogP contribution is -1.76. The van der Waals surface area contributed by atoms with Gasteiger partial charge in [0.2, 0.25) is 12.2 Å². The van der Waals surface area contributed by atoms with Gasteiger partial charge in [-0.3, -0.25) is 0 Å². The van der Waals surface area contributed by atoms with Gasteiger partial charge in [-0.05, 0) is 12.8 Å². The van der Waals surface area contributed by atoms with E-state index in [0.717, 1.165) is 12.8 Å². The Balaban J connectivity index is 3.26. The van der Waals surface area contributed by atoms with Gasteiger partial charge in [-0.25, -0.2) is 14.6 Å². The lowest BCUT2D eigenvalue weighted by atomic mass is 10.3. The van der Waals surface area contributed by atoms with E-state index >= 15 is 0 Å². The monoisotopic (exact) mass is 152 g/mol. The maximum Gasteiger partial charge on any atom is 0.239 e. The molecule has 58 valence electrons. The molecule has 0 aliphatic carbocycles. The SMILES string of the molecule is O=C=N/C=C/CCCN=C=O. The molecule has 0 unspecified atom stereocenters. The third-order valence-corrected chi connectivity index (χ3v) is 0.938. The largest absolute Gasteiger partial charge is 0.239 e. The van der Waals surface area contributed by atoms with Gasteiger partial charge in [-0.15, -0.1) is 0 Å². The van der Waals surface area contributed by atoms with E-state index in [-0.39, 0.29) is 0 Å². The van der Waals surface area contributed by atoms with Gasteiger partial charge in [-0.2, -0.15) is 4.99 Å². The Bertz CT molecular complexity index is 210. The molecule has 4 heteroatoms. The molecule has 0 amide bonds. The predicted molar refractivity (Wildman–Crippen MR) is 39.5 cm³/mol. The highest BCUT2D eigenvalue weighted by molar-refractivity contribution is 5.34. The number of carbonyl (C=O) groups excluding carboxylic acids is 2. The van der Waals surface area contributed by atoms with Crippen LogP contribution in [0.25, 0.3) is 0 Å². The normalized spacial score (nSPS) is 8.73. The Morgan fingerprint density at radius 1 is 1.27 bits per heavy atom. The summed E-state index contributed by atoms with van der Waals surface area (Å²) in [6, 6.07) is 0. The molecule has 4 nitrogen and oxygen atoms in total. The van der Waals surface area contributed by atoms with Crippen LogP contribution in [0.15, 0.2) is 22.3 Å². The first-order chi connectivity index (χ1) is 5.41. The fourth-order valence-corrected chi connectivity index (χ4v) is 0.492. The molecule has 0 saturated heterocycles. The van der Waals surface area contributed by atoms with Gasteiger partial charge in [0, 0.05) is 6.20 Å². The summed E-state index contributed by atoms with van der Waals surface area (Å²) in [7, 11) is 0. The Morgan fingerprint density at radius 3 is 2.73 bits per heavy atom. The Hall–Kier alpha value is -1.50. The molecule has 0 spiro atoms. The minimum Gasteiger partial charge on any atom is -0.211 e. The van der Waals surface area contributed by atoms with E-state index < -0.39 is 0 Å². The van der Waals surface area contributed by atoms with Crippen molar-refractivity contribution in [1.82, 2.24) is 0 Å². The molecule has 0 N–H and O–H groups in total. The second kappa shape index (κ2) is 8.50. The number of aliphatic imine (C=N–C) groups is 2. The first kappa shape index (κ1) is 9.50. The van der Waals surface area contributed by atoms with E-state index in [4.69, 9.17) is 0 Å². The number of hydrogen-bond donors (Lipinski definition) is 0. The third-order valence-electron chi connectivity index (χ3n) is 0.938. The zero-order chi connectivity index (χ0) is 8.36. The molecule has 0 heterocycles. The standard InChI is InChI=1S/C7H8N2O2/c10-6-8-4-2-1-3-5-9-7-11/h2,4H,1,3,5H2/b4-2+. The minimum atomic E-state index is 0.471. The number of isocyanates is 2. The summed E-state index contributed by atoms with van der Waals surface area (Å²) in [6.07, 6.45) is 7.40. The maximum atomic E-state index is 9.56. The van der Waals surface area contributed by atoms with Crippen LogP contribution in [0.4, 0.5) is 0 Å². The molecule has 0 aliphatic heterocycles. The van der Waals surface area contributed by atoms with Gasteiger partial charge < -0.3 is 0 Å². The lowest BCUT2D eigenvalue weighted by molar-refractivity contribution is 0.562. The van der Waals surface area contributed by atoms with E-state index in [1.54, 1.807) is 6.08 Å². The van der Waals surface area contributed by atoms with E-state index in [9.17, 15) is 9.59 Å². The first-order valence-electron chi connectivity index (χ1n) is 3.17. The molecule has 11 heavy (non-hydrogen) atoms. The highest BCUT2D eigenvalue weighted by Crippen LogP contribution is 1.90. The van der Waals surface area contributed by atoms with Crippen LogP contribution in [-0.2, 0) is 9.59 Å². The average molecular weight is 152 g/mol. The van der Waals surface area contributed by atoms with E-state index in [1.165, 1.54) is 18.4 Å². The van der Waals surface area contributed by atoms with Crippen LogP contribution in [-0.4, -0.2) is 18.7 Å². The Labute approximate surface area is 64.4 Å². The van der Waals surface area contributed by atoms with E-state index in [0.29, 0.717) is 6.54 Å². The predicted octanol–water partition coefficient (Wildman–Crippen LogP) is 0.952. The summed E-state index contributed by atoms with van der Waals surface area (Å²) in [4.78, 5) is 25.6. The van der Waals surface area contributed by atoms with Gasteiger partial charge in [0.25, 0.3) is 0 Å². The summed E-state index contributed by atoms with van der Waals surface area (Å²) in [5.41, 5.74) is 0. The van der Waals surface area contributed by atoms with E-state index in [1.807, 2.05) is 0 Å². The van der Waals surface area contributed by atoms with Crippen molar-refractivity contribution in [2.75, 3.05) is 6.54 Å². The molecule has 0 bridgehead atoms. The average Bonchev–Trinajstić information content (AvgIpc) is 2.03. The van der Waals surface area contributed by atoms with Crippen LogP contribution >= 0.6 is 0 Å². The summed E-state index contributed by atoms with van der Waals surface area (Å²) >= 11 is 0. The third kappa shape index (κ3) is 8.50. The van der Waals surface area contributed by atoms with Crippen molar-refractivity contribution in [3.63, 3.8) is 0 Å². The molecule has 0 rings (SSSR count). The highest BCUT2D eigenvalue weighted by Gasteiger charge is 1.79. The van der Waals surface area contributed by atoms with Crippen molar-refractivity contribution < 1.29 is 9.59 Å². The van der Waals surface area contributed by atoms with Gasteiger partial charge in [-0.1, -0.05) is 6.08 Å². The number of hydrogen-bond acceptors (Lipinski definition) is 4. The van der Waals surface area contributed by atoms with Crippen LogP contribution in [0, 0.1) is 0 Å². The van der Waals surface area contributed by atoms with Crippen molar-refractivity contribution in [3.8, 4) is 0 Å². The molecule has 0 fully saturated rings. The van der Waals surface area contributed by atoms with Crippen LogP contribution in [0.1, 0.15) is 12.8 Å². The molecule has 0 saturated carbocycles. The highest BCUT2D eigenvalue weighted by atomic mass is 16.1. The summed E-state index contributed by atoms with van der Waals surface area (Å²) in [5, 5.41) is 0. The van der Waals surface area contributed by atoms with Gasteiger partial charge in [0.05, 0.1) is 6.54 Å². The second-order valence-corrected chi connectivity index (χ2v) is 1.72. The topological polar surface area (TPSA) is 58.9 Å². The molecular formula is C7H8N2O2.